The molecule has 21 heavy (non-hydrogen) atoms. The van der Waals surface area contributed by atoms with Crippen molar-refractivity contribution in [3.63, 3.8) is 0 Å². The van der Waals surface area contributed by atoms with Crippen LogP contribution in [-0.4, -0.2) is 23.2 Å². The molecule has 1 atom stereocenters. The second kappa shape index (κ2) is 6.50. The smallest absolute Gasteiger partial charge is 0.241 e. The monoisotopic (exact) mass is 326 g/mol. The maximum Gasteiger partial charge on any atom is 0.241 e. The molecular formula is C13H18N4O2S2. The molecule has 0 fully saturated rings. The standard InChI is InChI=1S/C13H18N4O2S2/c1-3-9-17-12(14-15-13(17)20)10(2)16-21(18,19)11-7-5-4-6-8-11/h4-8,10,16H,3,9H2,1-2H3,(H,15,20)/t10-/m1/s1. The Morgan fingerprint density at radius 2 is 2.05 bits per heavy atom. The number of benzene rings is 1. The number of aromatic nitrogens is 3. The van der Waals surface area contributed by atoms with E-state index in [2.05, 4.69) is 14.9 Å². The highest BCUT2D eigenvalue weighted by atomic mass is 32.2. The zero-order chi connectivity index (χ0) is 15.5. The fourth-order valence-electron chi connectivity index (χ4n) is 2.05. The third-order valence-corrected chi connectivity index (χ3v) is 4.88. The number of hydrogen-bond donors (Lipinski definition) is 2. The average molecular weight is 326 g/mol. The number of sulfonamides is 1. The van der Waals surface area contributed by atoms with Gasteiger partial charge in [0.15, 0.2) is 4.77 Å². The molecule has 2 N–H and O–H groups in total. The molecular weight excluding hydrogens is 308 g/mol. The van der Waals surface area contributed by atoms with E-state index in [4.69, 9.17) is 12.2 Å². The lowest BCUT2D eigenvalue weighted by molar-refractivity contribution is 0.538. The van der Waals surface area contributed by atoms with Crippen LogP contribution >= 0.6 is 12.2 Å². The van der Waals surface area contributed by atoms with Crippen LogP contribution in [0.4, 0.5) is 0 Å². The van der Waals surface area contributed by atoms with Gasteiger partial charge in [0.1, 0.15) is 5.82 Å². The maximum atomic E-state index is 12.3. The molecule has 1 aromatic heterocycles. The van der Waals surface area contributed by atoms with Crippen LogP contribution in [-0.2, 0) is 16.6 Å². The molecule has 0 saturated heterocycles. The van der Waals surface area contributed by atoms with Crippen LogP contribution in [0.5, 0.6) is 0 Å². The van der Waals surface area contributed by atoms with Gasteiger partial charge < -0.3 is 4.57 Å². The summed E-state index contributed by atoms with van der Waals surface area (Å²) in [6, 6.07) is 7.78. The number of hydrogen-bond acceptors (Lipinski definition) is 4. The number of nitrogens with one attached hydrogen (secondary N) is 2. The van der Waals surface area contributed by atoms with Crippen molar-refractivity contribution >= 4 is 22.2 Å². The van der Waals surface area contributed by atoms with Gasteiger partial charge in [-0.1, -0.05) is 25.1 Å². The topological polar surface area (TPSA) is 79.8 Å². The highest BCUT2D eigenvalue weighted by Gasteiger charge is 2.21. The molecule has 1 heterocycles. The molecule has 0 radical (unpaired) electrons. The van der Waals surface area contributed by atoms with Crippen molar-refractivity contribution in [3.8, 4) is 0 Å². The van der Waals surface area contributed by atoms with E-state index in [1.165, 1.54) is 0 Å². The van der Waals surface area contributed by atoms with Gasteiger partial charge in [0.05, 0.1) is 10.9 Å². The molecule has 0 aliphatic carbocycles. The first-order valence-electron chi connectivity index (χ1n) is 6.68. The largest absolute Gasteiger partial charge is 0.303 e. The Morgan fingerprint density at radius 3 is 2.67 bits per heavy atom. The third kappa shape index (κ3) is 3.58. The van der Waals surface area contributed by atoms with E-state index < -0.39 is 16.1 Å². The third-order valence-electron chi connectivity index (χ3n) is 3.01. The van der Waals surface area contributed by atoms with Crippen molar-refractivity contribution in [2.75, 3.05) is 0 Å². The normalized spacial score (nSPS) is 13.2. The van der Waals surface area contributed by atoms with Gasteiger partial charge in [-0.25, -0.2) is 13.1 Å². The van der Waals surface area contributed by atoms with Gasteiger partial charge in [0.2, 0.25) is 10.0 Å². The molecule has 0 aliphatic heterocycles. The highest BCUT2D eigenvalue weighted by Crippen LogP contribution is 2.15. The minimum Gasteiger partial charge on any atom is -0.303 e. The van der Waals surface area contributed by atoms with Crippen molar-refractivity contribution < 1.29 is 8.42 Å². The summed E-state index contributed by atoms with van der Waals surface area (Å²) in [4.78, 5) is 0.230. The van der Waals surface area contributed by atoms with Crippen molar-refractivity contribution in [1.29, 1.82) is 0 Å². The predicted octanol–water partition coefficient (Wildman–Crippen LogP) is 2.39. The minimum absolute atomic E-state index is 0.230. The molecule has 6 nitrogen and oxygen atoms in total. The summed E-state index contributed by atoms with van der Waals surface area (Å²) in [5.74, 6) is 0.585. The van der Waals surface area contributed by atoms with Gasteiger partial charge in [0.25, 0.3) is 0 Å². The summed E-state index contributed by atoms with van der Waals surface area (Å²) < 4.78 is 29.5. The van der Waals surface area contributed by atoms with Crippen LogP contribution in [0.15, 0.2) is 35.2 Å². The molecule has 0 unspecified atom stereocenters. The van der Waals surface area contributed by atoms with E-state index in [9.17, 15) is 8.42 Å². The second-order valence-electron chi connectivity index (χ2n) is 4.69. The Morgan fingerprint density at radius 1 is 1.38 bits per heavy atom. The van der Waals surface area contributed by atoms with Crippen LogP contribution in [0, 0.1) is 4.77 Å². The molecule has 2 aromatic rings. The Balaban J connectivity index is 2.26. The summed E-state index contributed by atoms with van der Waals surface area (Å²) in [7, 11) is -3.58. The molecule has 0 amide bonds. The van der Waals surface area contributed by atoms with Gasteiger partial charge >= 0.3 is 0 Å². The summed E-state index contributed by atoms with van der Waals surface area (Å²) in [6.07, 6.45) is 0.888. The van der Waals surface area contributed by atoms with Gasteiger partial charge in [0, 0.05) is 6.54 Å². The zero-order valence-corrected chi connectivity index (χ0v) is 13.5. The molecule has 0 aliphatic rings. The van der Waals surface area contributed by atoms with Crippen LogP contribution in [0.25, 0.3) is 0 Å². The minimum atomic E-state index is -3.58. The lowest BCUT2D eigenvalue weighted by Crippen LogP contribution is -2.29. The molecule has 8 heteroatoms. The molecule has 114 valence electrons. The highest BCUT2D eigenvalue weighted by molar-refractivity contribution is 7.89. The van der Waals surface area contributed by atoms with E-state index in [1.807, 2.05) is 11.5 Å². The molecule has 0 spiro atoms. The quantitative estimate of drug-likeness (QED) is 0.799. The number of rotatable bonds is 6. The Hall–Kier alpha value is -1.51. The maximum absolute atomic E-state index is 12.3. The van der Waals surface area contributed by atoms with E-state index in [-0.39, 0.29) is 4.90 Å². The fourth-order valence-corrected chi connectivity index (χ4v) is 3.51. The number of nitrogens with zero attached hydrogens (tertiary/aromatic N) is 2. The van der Waals surface area contributed by atoms with Gasteiger partial charge in [-0.15, -0.1) is 0 Å². The van der Waals surface area contributed by atoms with Crippen LogP contribution in [0.3, 0.4) is 0 Å². The van der Waals surface area contributed by atoms with Crippen molar-refractivity contribution in [1.82, 2.24) is 19.5 Å². The first-order valence-corrected chi connectivity index (χ1v) is 8.57. The Bertz CT molecular complexity index is 750. The summed E-state index contributed by atoms with van der Waals surface area (Å²) in [5, 5.41) is 6.84. The first kappa shape index (κ1) is 15.9. The summed E-state index contributed by atoms with van der Waals surface area (Å²) >= 11 is 5.16. The number of H-pyrrole nitrogens is 1. The zero-order valence-electron chi connectivity index (χ0n) is 11.9. The summed E-state index contributed by atoms with van der Waals surface area (Å²) in [5.41, 5.74) is 0. The molecule has 1 aromatic carbocycles. The van der Waals surface area contributed by atoms with E-state index in [0.717, 1.165) is 6.42 Å². The average Bonchev–Trinajstić information content (AvgIpc) is 2.81. The SMILES string of the molecule is CCCn1c([C@@H](C)NS(=O)(=O)c2ccccc2)n[nH]c1=S. The van der Waals surface area contributed by atoms with Crippen molar-refractivity contribution in [2.45, 2.75) is 37.8 Å². The van der Waals surface area contributed by atoms with Gasteiger partial charge in [-0.2, -0.15) is 5.10 Å². The van der Waals surface area contributed by atoms with Crippen molar-refractivity contribution in [2.24, 2.45) is 0 Å². The first-order chi connectivity index (χ1) is 9.95. The molecule has 2 rings (SSSR count). The second-order valence-corrected chi connectivity index (χ2v) is 6.80. The molecule has 0 bridgehead atoms. The Labute approximate surface area is 129 Å². The number of aromatic amines is 1. The van der Waals surface area contributed by atoms with Gasteiger partial charge in [-0.3, -0.25) is 5.10 Å². The van der Waals surface area contributed by atoms with Crippen LogP contribution in [0.2, 0.25) is 0 Å². The van der Waals surface area contributed by atoms with Crippen LogP contribution in [0.1, 0.15) is 32.1 Å². The van der Waals surface area contributed by atoms with Crippen molar-refractivity contribution in [3.05, 3.63) is 40.9 Å². The van der Waals surface area contributed by atoms with E-state index >= 15 is 0 Å². The summed E-state index contributed by atoms with van der Waals surface area (Å²) in [6.45, 7) is 4.47. The lowest BCUT2D eigenvalue weighted by atomic mass is 10.3. The van der Waals surface area contributed by atoms with E-state index in [1.54, 1.807) is 37.3 Å². The fraction of sp³-hybridized carbons (Fsp3) is 0.385. The molecule has 0 saturated carbocycles. The Kier molecular flexibility index (Phi) is 4.92. The van der Waals surface area contributed by atoms with Crippen LogP contribution < -0.4 is 4.72 Å². The van der Waals surface area contributed by atoms with Gasteiger partial charge in [-0.05, 0) is 37.7 Å². The lowest BCUT2D eigenvalue weighted by Gasteiger charge is -2.14. The predicted molar refractivity (Wildman–Crippen MR) is 82.9 cm³/mol. The van der Waals surface area contributed by atoms with E-state index in [0.29, 0.717) is 17.1 Å².